The van der Waals surface area contributed by atoms with Gasteiger partial charge in [0.25, 0.3) is 0 Å². The molecule has 60 valence electrons. The summed E-state index contributed by atoms with van der Waals surface area (Å²) in [5.41, 5.74) is 2.88. The van der Waals surface area contributed by atoms with E-state index in [-0.39, 0.29) is 0 Å². The van der Waals surface area contributed by atoms with E-state index in [0.29, 0.717) is 0 Å². The van der Waals surface area contributed by atoms with Crippen LogP contribution in [0.3, 0.4) is 0 Å². The Morgan fingerprint density at radius 3 is 2.60 bits per heavy atom. The molecule has 0 amide bonds. The Kier molecular flexibility index (Phi) is 3.47. The van der Waals surface area contributed by atoms with E-state index in [9.17, 15) is 0 Å². The van der Waals surface area contributed by atoms with Crippen molar-refractivity contribution in [3.05, 3.63) is 0 Å². The maximum absolute atomic E-state index is 6.42. The SMILES string of the molecule is CCCC[Si]1(Cl)C[SiH](Br)C1. The largest absolute Gasteiger partial charge is 0.168 e. The lowest BCUT2D eigenvalue weighted by Crippen LogP contribution is -2.45. The van der Waals surface area contributed by atoms with Gasteiger partial charge in [-0.3, -0.25) is 0 Å². The molecule has 0 spiro atoms. The van der Waals surface area contributed by atoms with Crippen LogP contribution in [0, 0.1) is 0 Å². The smallest absolute Gasteiger partial charge is 0.152 e. The van der Waals surface area contributed by atoms with E-state index in [2.05, 4.69) is 22.2 Å². The molecule has 0 radical (unpaired) electrons. The minimum absolute atomic E-state index is 0.394. The van der Waals surface area contributed by atoms with E-state index < -0.39 is 14.8 Å². The van der Waals surface area contributed by atoms with Gasteiger partial charge in [-0.05, 0) is 17.4 Å². The lowest BCUT2D eigenvalue weighted by molar-refractivity contribution is 0.868. The quantitative estimate of drug-likeness (QED) is 0.538. The van der Waals surface area contributed by atoms with Crippen molar-refractivity contribution >= 4 is 41.2 Å². The average molecular weight is 258 g/mol. The van der Waals surface area contributed by atoms with Crippen molar-refractivity contribution in [3.8, 4) is 0 Å². The second kappa shape index (κ2) is 3.74. The molecular formula is C6H14BrClSi2. The topological polar surface area (TPSA) is 0 Å². The van der Waals surface area contributed by atoms with Crippen molar-refractivity contribution in [2.24, 2.45) is 0 Å². The summed E-state index contributed by atoms with van der Waals surface area (Å²) >= 11 is 10.1. The van der Waals surface area contributed by atoms with Gasteiger partial charge in [0.05, 0.1) is 0 Å². The lowest BCUT2D eigenvalue weighted by atomic mass is 10.4. The second-order valence-electron chi connectivity index (χ2n) is 3.26. The zero-order valence-corrected chi connectivity index (χ0v) is 10.9. The molecule has 1 rings (SSSR count). The van der Waals surface area contributed by atoms with E-state index in [1.165, 1.54) is 30.2 Å². The molecule has 0 unspecified atom stereocenters. The maximum atomic E-state index is 6.42. The minimum atomic E-state index is -1.09. The van der Waals surface area contributed by atoms with Crippen molar-refractivity contribution in [1.29, 1.82) is 0 Å². The predicted molar refractivity (Wildman–Crippen MR) is 57.0 cm³/mol. The van der Waals surface area contributed by atoms with E-state index in [4.69, 9.17) is 11.1 Å². The molecule has 1 heterocycles. The molecule has 1 aliphatic rings. The monoisotopic (exact) mass is 256 g/mol. The van der Waals surface area contributed by atoms with Crippen LogP contribution in [0.25, 0.3) is 0 Å². The van der Waals surface area contributed by atoms with Gasteiger partial charge in [-0.25, -0.2) is 0 Å². The zero-order chi connectivity index (χ0) is 7.61. The highest BCUT2D eigenvalue weighted by atomic mass is 79.9. The summed E-state index contributed by atoms with van der Waals surface area (Å²) in [6, 6.07) is 1.38. The third-order valence-electron chi connectivity index (χ3n) is 2.15. The molecule has 0 aliphatic carbocycles. The Morgan fingerprint density at radius 1 is 1.60 bits per heavy atom. The molecule has 0 aromatic carbocycles. The Hall–Kier alpha value is 1.20. The van der Waals surface area contributed by atoms with Crippen LogP contribution >= 0.6 is 26.4 Å². The van der Waals surface area contributed by atoms with Gasteiger partial charge in [0.1, 0.15) is 7.42 Å². The summed E-state index contributed by atoms with van der Waals surface area (Å²) in [5.74, 6) is 0. The van der Waals surface area contributed by atoms with E-state index in [1.54, 1.807) is 0 Å². The van der Waals surface area contributed by atoms with Gasteiger partial charge in [-0.1, -0.05) is 19.8 Å². The molecule has 10 heavy (non-hydrogen) atoms. The molecule has 0 aromatic rings. The number of hydrogen-bond acceptors (Lipinski definition) is 0. The third-order valence-corrected chi connectivity index (χ3v) is 22.0. The van der Waals surface area contributed by atoms with Crippen LogP contribution in [0.2, 0.25) is 17.4 Å². The van der Waals surface area contributed by atoms with Gasteiger partial charge in [0, 0.05) is 0 Å². The van der Waals surface area contributed by atoms with Gasteiger partial charge >= 0.3 is 0 Å². The highest BCUT2D eigenvalue weighted by molar-refractivity contribution is 9.24. The van der Waals surface area contributed by atoms with Gasteiger partial charge in [0.2, 0.25) is 0 Å². The summed E-state index contributed by atoms with van der Waals surface area (Å²) in [5, 5.41) is 0. The van der Waals surface area contributed by atoms with Crippen molar-refractivity contribution < 1.29 is 0 Å². The van der Waals surface area contributed by atoms with Crippen LogP contribution < -0.4 is 0 Å². The molecule has 0 saturated carbocycles. The first-order valence-electron chi connectivity index (χ1n) is 3.99. The third kappa shape index (κ3) is 2.36. The molecule has 0 nitrogen and oxygen atoms in total. The molecule has 4 heteroatoms. The summed E-state index contributed by atoms with van der Waals surface area (Å²) in [7, 11) is -1.49. The first-order valence-corrected chi connectivity index (χ1v) is 12.4. The van der Waals surface area contributed by atoms with Crippen molar-refractivity contribution in [1.82, 2.24) is 0 Å². The Balaban J connectivity index is 2.15. The molecule has 0 bridgehead atoms. The van der Waals surface area contributed by atoms with Crippen LogP contribution in [0.15, 0.2) is 0 Å². The summed E-state index contributed by atoms with van der Waals surface area (Å²) in [6.45, 7) is 2.25. The van der Waals surface area contributed by atoms with Crippen LogP contribution in [0.1, 0.15) is 19.8 Å². The Morgan fingerprint density at radius 2 is 2.20 bits per heavy atom. The summed E-state index contributed by atoms with van der Waals surface area (Å²) < 4.78 is 0. The van der Waals surface area contributed by atoms with Crippen LogP contribution in [-0.2, 0) is 0 Å². The molecule has 1 aliphatic heterocycles. The number of unbranched alkanes of at least 4 members (excludes halogenated alkanes) is 1. The Bertz CT molecular complexity index is 114. The van der Waals surface area contributed by atoms with Crippen molar-refractivity contribution in [3.63, 3.8) is 0 Å². The van der Waals surface area contributed by atoms with Crippen LogP contribution in [-0.4, -0.2) is 14.8 Å². The normalized spacial score (nSPS) is 39.3. The van der Waals surface area contributed by atoms with E-state index >= 15 is 0 Å². The van der Waals surface area contributed by atoms with Crippen LogP contribution in [0.4, 0.5) is 0 Å². The minimum Gasteiger partial charge on any atom is -0.168 e. The predicted octanol–water partition coefficient (Wildman–Crippen LogP) is 3.18. The highest BCUT2D eigenvalue weighted by Crippen LogP contribution is 2.41. The fourth-order valence-electron chi connectivity index (χ4n) is 1.43. The molecule has 0 aromatic heterocycles. The zero-order valence-electron chi connectivity index (χ0n) is 6.37. The van der Waals surface area contributed by atoms with E-state index in [0.717, 1.165) is 0 Å². The van der Waals surface area contributed by atoms with Gasteiger partial charge in [-0.2, -0.15) is 11.1 Å². The molecular weight excluding hydrogens is 244 g/mol. The second-order valence-corrected chi connectivity index (χ2v) is 16.8. The van der Waals surface area contributed by atoms with Crippen molar-refractivity contribution in [2.75, 3.05) is 0 Å². The number of halogens is 2. The van der Waals surface area contributed by atoms with Crippen LogP contribution in [0.5, 0.6) is 0 Å². The number of hydrogen-bond donors (Lipinski definition) is 0. The fraction of sp³-hybridized carbons (Fsp3) is 1.00. The molecule has 0 atom stereocenters. The fourth-order valence-corrected chi connectivity index (χ4v) is 28.2. The van der Waals surface area contributed by atoms with Gasteiger partial charge in [-0.15, -0.1) is 15.3 Å². The number of rotatable bonds is 3. The van der Waals surface area contributed by atoms with Gasteiger partial charge in [0.15, 0.2) is 7.38 Å². The first kappa shape index (κ1) is 9.29. The summed E-state index contributed by atoms with van der Waals surface area (Å²) in [4.78, 5) is 0. The van der Waals surface area contributed by atoms with Gasteiger partial charge < -0.3 is 0 Å². The Labute approximate surface area is 78.2 Å². The molecule has 0 N–H and O–H groups in total. The van der Waals surface area contributed by atoms with Crippen molar-refractivity contribution in [2.45, 2.75) is 37.1 Å². The first-order chi connectivity index (χ1) is 4.66. The lowest BCUT2D eigenvalue weighted by Gasteiger charge is -2.36. The molecule has 1 saturated heterocycles. The van der Waals surface area contributed by atoms with E-state index in [1.807, 2.05) is 0 Å². The summed E-state index contributed by atoms with van der Waals surface area (Å²) in [6.07, 6.45) is 2.68. The standard InChI is InChI=1S/C6H14BrClSi2/c1-2-3-4-10(8)5-9(7)6-10/h9H,2-6H2,1H3. The maximum Gasteiger partial charge on any atom is 0.152 e. The average Bonchev–Trinajstić information content (AvgIpc) is 1.81. The molecule has 1 fully saturated rings. The highest BCUT2D eigenvalue weighted by Gasteiger charge is 2.44.